The van der Waals surface area contributed by atoms with E-state index >= 15 is 0 Å². The Morgan fingerprint density at radius 2 is 2.08 bits per heavy atom. The number of nitrogens with two attached hydrogens (primary N) is 1. The van der Waals surface area contributed by atoms with Crippen LogP contribution in [0.5, 0.6) is 0 Å². The van der Waals surface area contributed by atoms with Gasteiger partial charge in [-0.1, -0.05) is 13.3 Å². The van der Waals surface area contributed by atoms with Gasteiger partial charge < -0.3 is 10.5 Å². The minimum atomic E-state index is -0.492. The van der Waals surface area contributed by atoms with Crippen molar-refractivity contribution in [2.24, 2.45) is 11.7 Å². The molecule has 0 radical (unpaired) electrons. The van der Waals surface area contributed by atoms with Crippen LogP contribution in [-0.4, -0.2) is 18.1 Å². The van der Waals surface area contributed by atoms with Crippen LogP contribution in [0.4, 0.5) is 0 Å². The van der Waals surface area contributed by atoms with Crippen LogP contribution in [0.1, 0.15) is 39.5 Å². The molecule has 0 amide bonds. The van der Waals surface area contributed by atoms with E-state index in [4.69, 9.17) is 10.5 Å². The van der Waals surface area contributed by atoms with Gasteiger partial charge in [-0.05, 0) is 32.1 Å². The fraction of sp³-hybridized carbons (Fsp3) is 0.900. The van der Waals surface area contributed by atoms with E-state index < -0.39 is 6.04 Å². The van der Waals surface area contributed by atoms with Crippen LogP contribution in [0.3, 0.4) is 0 Å². The second kappa shape index (κ2) is 4.61. The number of hydrogen-bond donors (Lipinski definition) is 1. The first kappa shape index (κ1) is 10.5. The van der Waals surface area contributed by atoms with Crippen molar-refractivity contribution in [3.63, 3.8) is 0 Å². The predicted octanol–water partition coefficient (Wildman–Crippen LogP) is 1.46. The molecule has 2 N–H and O–H groups in total. The minimum Gasteiger partial charge on any atom is -0.461 e. The number of ether oxygens (including phenoxy) is 1. The molecule has 0 heterocycles. The maximum absolute atomic E-state index is 11.2. The quantitative estimate of drug-likeness (QED) is 0.662. The van der Waals surface area contributed by atoms with Gasteiger partial charge >= 0.3 is 5.97 Å². The summed E-state index contributed by atoms with van der Waals surface area (Å²) in [5.74, 6) is 0.232. The molecule has 0 bridgehead atoms. The van der Waals surface area contributed by atoms with Crippen LogP contribution in [0, 0.1) is 5.92 Å². The molecule has 3 atom stereocenters. The molecule has 0 aromatic carbocycles. The van der Waals surface area contributed by atoms with Crippen LogP contribution in [0.25, 0.3) is 0 Å². The smallest absolute Gasteiger partial charge is 0.322 e. The Morgan fingerprint density at radius 3 is 2.62 bits per heavy atom. The zero-order valence-electron chi connectivity index (χ0n) is 8.45. The number of esters is 1. The fourth-order valence-corrected chi connectivity index (χ4v) is 1.71. The van der Waals surface area contributed by atoms with E-state index in [2.05, 4.69) is 6.92 Å². The molecule has 2 unspecified atom stereocenters. The van der Waals surface area contributed by atoms with Gasteiger partial charge in [0.1, 0.15) is 12.1 Å². The summed E-state index contributed by atoms with van der Waals surface area (Å²) in [5, 5.41) is 0. The molecule has 0 saturated heterocycles. The summed E-state index contributed by atoms with van der Waals surface area (Å²) in [6.07, 6.45) is 4.69. The first-order chi connectivity index (χ1) is 6.11. The molecule has 0 aromatic rings. The number of carbonyl (C=O) groups is 1. The normalized spacial score (nSPS) is 31.0. The summed E-state index contributed by atoms with van der Waals surface area (Å²) in [5.41, 5.74) is 5.42. The zero-order chi connectivity index (χ0) is 9.84. The van der Waals surface area contributed by atoms with E-state index in [1.807, 2.05) is 0 Å². The Morgan fingerprint density at radius 1 is 1.46 bits per heavy atom. The van der Waals surface area contributed by atoms with Crippen molar-refractivity contribution in [3.8, 4) is 0 Å². The maximum Gasteiger partial charge on any atom is 0.322 e. The van der Waals surface area contributed by atoms with E-state index in [1.54, 1.807) is 6.92 Å². The minimum absolute atomic E-state index is 0.104. The third-order valence-electron chi connectivity index (χ3n) is 2.67. The van der Waals surface area contributed by atoms with E-state index in [9.17, 15) is 4.79 Å². The van der Waals surface area contributed by atoms with Crippen molar-refractivity contribution >= 4 is 5.97 Å². The largest absolute Gasteiger partial charge is 0.461 e. The average Bonchev–Trinajstić information content (AvgIpc) is 2.08. The molecule has 1 aliphatic carbocycles. The third kappa shape index (κ3) is 2.99. The van der Waals surface area contributed by atoms with Gasteiger partial charge in [-0.2, -0.15) is 0 Å². The fourth-order valence-electron chi connectivity index (χ4n) is 1.71. The predicted molar refractivity (Wildman–Crippen MR) is 51.2 cm³/mol. The van der Waals surface area contributed by atoms with E-state index in [0.717, 1.165) is 12.8 Å². The van der Waals surface area contributed by atoms with E-state index in [-0.39, 0.29) is 12.1 Å². The molecule has 3 heteroatoms. The molecule has 0 aliphatic heterocycles. The van der Waals surface area contributed by atoms with Gasteiger partial charge in [-0.15, -0.1) is 0 Å². The van der Waals surface area contributed by atoms with Crippen molar-refractivity contribution in [1.29, 1.82) is 0 Å². The first-order valence-corrected chi connectivity index (χ1v) is 5.07. The monoisotopic (exact) mass is 185 g/mol. The summed E-state index contributed by atoms with van der Waals surface area (Å²) in [7, 11) is 0. The topological polar surface area (TPSA) is 52.3 Å². The lowest BCUT2D eigenvalue weighted by molar-refractivity contribution is -0.154. The summed E-state index contributed by atoms with van der Waals surface area (Å²) < 4.78 is 5.30. The lowest BCUT2D eigenvalue weighted by Crippen LogP contribution is -2.35. The van der Waals surface area contributed by atoms with Gasteiger partial charge in [0.15, 0.2) is 0 Å². The zero-order valence-corrected chi connectivity index (χ0v) is 8.45. The van der Waals surface area contributed by atoms with Gasteiger partial charge in [-0.3, -0.25) is 4.79 Å². The van der Waals surface area contributed by atoms with Crippen LogP contribution in [0.2, 0.25) is 0 Å². The second-order valence-corrected chi connectivity index (χ2v) is 4.03. The first-order valence-electron chi connectivity index (χ1n) is 5.07. The highest BCUT2D eigenvalue weighted by Gasteiger charge is 2.25. The molecule has 0 aromatic heterocycles. The number of carbonyl (C=O) groups excluding carboxylic acids is 1. The second-order valence-electron chi connectivity index (χ2n) is 4.03. The average molecular weight is 185 g/mol. The van der Waals surface area contributed by atoms with E-state index in [0.29, 0.717) is 5.92 Å². The SMILES string of the molecule is CC1CCCCC1OC(=O)[C@H](C)N. The molecular weight excluding hydrogens is 166 g/mol. The Bertz CT molecular complexity index is 180. The van der Waals surface area contributed by atoms with Crippen LogP contribution < -0.4 is 5.73 Å². The lowest BCUT2D eigenvalue weighted by atomic mass is 9.88. The van der Waals surface area contributed by atoms with E-state index in [1.165, 1.54) is 12.8 Å². The molecule has 1 fully saturated rings. The molecule has 0 spiro atoms. The summed E-state index contributed by atoms with van der Waals surface area (Å²) >= 11 is 0. The van der Waals surface area contributed by atoms with Crippen molar-refractivity contribution in [2.45, 2.75) is 51.7 Å². The summed E-state index contributed by atoms with van der Waals surface area (Å²) in [6.45, 7) is 3.80. The molecule has 1 saturated carbocycles. The number of rotatable bonds is 2. The standard InChI is InChI=1S/C10H19NO2/c1-7-5-3-4-6-9(7)13-10(12)8(2)11/h7-9H,3-6,11H2,1-2H3/t7?,8-,9?/m0/s1. The van der Waals surface area contributed by atoms with Crippen molar-refractivity contribution in [1.82, 2.24) is 0 Å². The molecule has 1 aliphatic rings. The Hall–Kier alpha value is -0.570. The summed E-state index contributed by atoms with van der Waals surface area (Å²) in [6, 6.07) is -0.492. The number of hydrogen-bond acceptors (Lipinski definition) is 3. The highest BCUT2D eigenvalue weighted by molar-refractivity contribution is 5.75. The van der Waals surface area contributed by atoms with Gasteiger partial charge in [0.05, 0.1) is 0 Å². The maximum atomic E-state index is 11.2. The highest BCUT2D eigenvalue weighted by atomic mass is 16.5. The molecule has 1 rings (SSSR count). The summed E-state index contributed by atoms with van der Waals surface area (Å²) in [4.78, 5) is 11.2. The van der Waals surface area contributed by atoms with Crippen LogP contribution in [-0.2, 0) is 9.53 Å². The lowest BCUT2D eigenvalue weighted by Gasteiger charge is -2.28. The highest BCUT2D eigenvalue weighted by Crippen LogP contribution is 2.26. The van der Waals surface area contributed by atoms with Gasteiger partial charge in [0, 0.05) is 0 Å². The van der Waals surface area contributed by atoms with Crippen molar-refractivity contribution in [3.05, 3.63) is 0 Å². The Kier molecular flexibility index (Phi) is 3.72. The third-order valence-corrected chi connectivity index (χ3v) is 2.67. The van der Waals surface area contributed by atoms with Gasteiger partial charge in [0.25, 0.3) is 0 Å². The van der Waals surface area contributed by atoms with Crippen molar-refractivity contribution in [2.75, 3.05) is 0 Å². The van der Waals surface area contributed by atoms with Gasteiger partial charge in [0.2, 0.25) is 0 Å². The Balaban J connectivity index is 2.38. The Labute approximate surface area is 79.6 Å². The van der Waals surface area contributed by atoms with Crippen molar-refractivity contribution < 1.29 is 9.53 Å². The molecule has 13 heavy (non-hydrogen) atoms. The molecule has 3 nitrogen and oxygen atoms in total. The molecule has 76 valence electrons. The van der Waals surface area contributed by atoms with Gasteiger partial charge in [-0.25, -0.2) is 0 Å². The van der Waals surface area contributed by atoms with Crippen LogP contribution >= 0.6 is 0 Å². The van der Waals surface area contributed by atoms with Crippen LogP contribution in [0.15, 0.2) is 0 Å². The molecular formula is C10H19NO2.